The van der Waals surface area contributed by atoms with Gasteiger partial charge in [0, 0.05) is 22.2 Å². The fourth-order valence-corrected chi connectivity index (χ4v) is 2.96. The average molecular weight is 473 g/mol. The second-order valence-electron chi connectivity index (χ2n) is 6.10. The first-order chi connectivity index (χ1) is 14.5. The van der Waals surface area contributed by atoms with Crippen LogP contribution < -0.4 is 20.1 Å². The number of nitrogens with one attached hydrogen (secondary N) is 2. The molecular formula is C22H21BrN2O5. The molecule has 30 heavy (non-hydrogen) atoms. The van der Waals surface area contributed by atoms with E-state index in [-0.39, 0.29) is 11.7 Å². The summed E-state index contributed by atoms with van der Waals surface area (Å²) >= 11 is 3.35. The summed E-state index contributed by atoms with van der Waals surface area (Å²) in [6.45, 7) is 4.41. The molecule has 1 aromatic heterocycles. The Hall–Kier alpha value is -3.26. The van der Waals surface area contributed by atoms with Crippen LogP contribution >= 0.6 is 15.9 Å². The maximum atomic E-state index is 12.7. The van der Waals surface area contributed by atoms with Crippen LogP contribution in [0.15, 0.2) is 63.7 Å². The van der Waals surface area contributed by atoms with E-state index in [1.165, 1.54) is 6.26 Å². The van der Waals surface area contributed by atoms with Crippen LogP contribution in [-0.4, -0.2) is 25.0 Å². The van der Waals surface area contributed by atoms with E-state index in [4.69, 9.17) is 13.9 Å². The quantitative estimate of drug-likeness (QED) is 0.461. The summed E-state index contributed by atoms with van der Waals surface area (Å²) in [7, 11) is 0. The van der Waals surface area contributed by atoms with Gasteiger partial charge in [0.15, 0.2) is 5.76 Å². The van der Waals surface area contributed by atoms with Crippen LogP contribution in [0, 0.1) is 0 Å². The van der Waals surface area contributed by atoms with Crippen molar-refractivity contribution in [2.24, 2.45) is 0 Å². The lowest BCUT2D eigenvalue weighted by atomic mass is 10.2. The molecule has 156 valence electrons. The average Bonchev–Trinajstić information content (AvgIpc) is 3.27. The highest BCUT2D eigenvalue weighted by molar-refractivity contribution is 9.10. The van der Waals surface area contributed by atoms with Crippen LogP contribution in [0.3, 0.4) is 0 Å². The Labute approximate surface area is 182 Å². The highest BCUT2D eigenvalue weighted by atomic mass is 79.9. The molecule has 8 heteroatoms. The Balaban J connectivity index is 1.92. The van der Waals surface area contributed by atoms with E-state index in [0.29, 0.717) is 41.7 Å². The molecule has 2 N–H and O–H groups in total. The van der Waals surface area contributed by atoms with Gasteiger partial charge in [-0.2, -0.15) is 0 Å². The number of halogens is 1. The maximum Gasteiger partial charge on any atom is 0.291 e. The Morgan fingerprint density at radius 1 is 0.900 bits per heavy atom. The van der Waals surface area contributed by atoms with Gasteiger partial charge in [-0.25, -0.2) is 0 Å². The molecule has 0 saturated carbocycles. The summed E-state index contributed by atoms with van der Waals surface area (Å²) in [5, 5.41) is 5.61. The summed E-state index contributed by atoms with van der Waals surface area (Å²) in [6.07, 6.45) is 1.42. The molecule has 0 bridgehead atoms. The Morgan fingerprint density at radius 2 is 1.47 bits per heavy atom. The lowest BCUT2D eigenvalue weighted by Gasteiger charge is -2.17. The van der Waals surface area contributed by atoms with Crippen molar-refractivity contribution in [2.45, 2.75) is 13.8 Å². The zero-order chi connectivity index (χ0) is 21.5. The normalized spacial score (nSPS) is 10.4. The summed E-state index contributed by atoms with van der Waals surface area (Å²) < 4.78 is 17.4. The molecule has 1 heterocycles. The third-order valence-electron chi connectivity index (χ3n) is 4.03. The van der Waals surface area contributed by atoms with Crippen molar-refractivity contribution in [3.63, 3.8) is 0 Å². The van der Waals surface area contributed by atoms with Gasteiger partial charge in [0.25, 0.3) is 11.8 Å². The lowest BCUT2D eigenvalue weighted by molar-refractivity contribution is 0.0993. The summed E-state index contributed by atoms with van der Waals surface area (Å²) in [5.74, 6) is 0.254. The number of ether oxygens (including phenoxy) is 2. The standard InChI is InChI=1S/C22H21BrN2O5/c1-3-28-19-13-17(25-22(27)18-6-5-11-30-18)20(29-4-2)12-16(19)24-21(26)14-7-9-15(23)10-8-14/h5-13H,3-4H2,1-2H3,(H,24,26)(H,25,27). The second kappa shape index (κ2) is 9.98. The summed E-state index contributed by atoms with van der Waals surface area (Å²) in [6, 6.07) is 13.4. The highest BCUT2D eigenvalue weighted by Crippen LogP contribution is 2.37. The Bertz CT molecular complexity index is 1020. The topological polar surface area (TPSA) is 89.8 Å². The monoisotopic (exact) mass is 472 g/mol. The number of amides is 2. The van der Waals surface area contributed by atoms with Crippen LogP contribution in [0.5, 0.6) is 11.5 Å². The number of rotatable bonds is 8. The van der Waals surface area contributed by atoms with Gasteiger partial charge >= 0.3 is 0 Å². The lowest BCUT2D eigenvalue weighted by Crippen LogP contribution is -2.15. The van der Waals surface area contributed by atoms with E-state index in [2.05, 4.69) is 26.6 Å². The van der Waals surface area contributed by atoms with Crippen molar-refractivity contribution in [1.29, 1.82) is 0 Å². The molecule has 0 saturated heterocycles. The minimum Gasteiger partial charge on any atom is -0.492 e. The first kappa shape index (κ1) is 21.4. The SMILES string of the molecule is CCOc1cc(NC(=O)c2ccco2)c(OCC)cc1NC(=O)c1ccc(Br)cc1. The van der Waals surface area contributed by atoms with Crippen LogP contribution in [0.1, 0.15) is 34.8 Å². The van der Waals surface area contributed by atoms with Crippen molar-refractivity contribution in [1.82, 2.24) is 0 Å². The Morgan fingerprint density at radius 3 is 1.97 bits per heavy atom. The van der Waals surface area contributed by atoms with E-state index in [1.807, 2.05) is 13.8 Å². The van der Waals surface area contributed by atoms with E-state index in [9.17, 15) is 9.59 Å². The van der Waals surface area contributed by atoms with E-state index < -0.39 is 5.91 Å². The van der Waals surface area contributed by atoms with Gasteiger partial charge in [-0.05, 0) is 50.2 Å². The number of furan rings is 1. The number of carbonyl (C=O) groups excluding carboxylic acids is 2. The molecule has 7 nitrogen and oxygen atoms in total. The third kappa shape index (κ3) is 5.21. The molecule has 0 atom stereocenters. The molecule has 2 amide bonds. The van der Waals surface area contributed by atoms with Crippen LogP contribution in [0.2, 0.25) is 0 Å². The van der Waals surface area contributed by atoms with Gasteiger partial charge in [-0.1, -0.05) is 15.9 Å². The van der Waals surface area contributed by atoms with Crippen molar-refractivity contribution in [2.75, 3.05) is 23.8 Å². The minimum atomic E-state index is -0.421. The molecule has 3 aromatic rings. The zero-order valence-electron chi connectivity index (χ0n) is 16.5. The van der Waals surface area contributed by atoms with Crippen molar-refractivity contribution in [3.8, 4) is 11.5 Å². The molecule has 0 aliphatic rings. The zero-order valence-corrected chi connectivity index (χ0v) is 18.1. The van der Waals surface area contributed by atoms with Crippen LogP contribution in [0.25, 0.3) is 0 Å². The van der Waals surface area contributed by atoms with Gasteiger partial charge in [0.05, 0.1) is 30.9 Å². The predicted molar refractivity (Wildman–Crippen MR) is 118 cm³/mol. The Kier molecular flexibility index (Phi) is 7.13. The van der Waals surface area contributed by atoms with Gasteiger partial charge in [-0.15, -0.1) is 0 Å². The fraction of sp³-hybridized carbons (Fsp3) is 0.182. The van der Waals surface area contributed by atoms with Crippen molar-refractivity contribution < 1.29 is 23.5 Å². The molecular weight excluding hydrogens is 452 g/mol. The maximum absolute atomic E-state index is 12.7. The molecule has 0 radical (unpaired) electrons. The smallest absolute Gasteiger partial charge is 0.291 e. The number of anilines is 2. The first-order valence-electron chi connectivity index (χ1n) is 9.37. The molecule has 2 aromatic carbocycles. The number of hydrogen-bond donors (Lipinski definition) is 2. The van der Waals surface area contributed by atoms with Crippen molar-refractivity contribution >= 4 is 39.1 Å². The van der Waals surface area contributed by atoms with Gasteiger partial charge in [0.1, 0.15) is 11.5 Å². The molecule has 0 fully saturated rings. The predicted octanol–water partition coefficient (Wildman–Crippen LogP) is 5.34. The molecule has 0 aliphatic carbocycles. The fourth-order valence-electron chi connectivity index (χ4n) is 2.69. The third-order valence-corrected chi connectivity index (χ3v) is 4.56. The summed E-state index contributed by atoms with van der Waals surface area (Å²) in [4.78, 5) is 25.1. The number of carbonyl (C=O) groups is 2. The molecule has 3 rings (SSSR count). The van der Waals surface area contributed by atoms with Crippen molar-refractivity contribution in [3.05, 3.63) is 70.6 Å². The number of benzene rings is 2. The van der Waals surface area contributed by atoms with Gasteiger partial charge < -0.3 is 24.5 Å². The van der Waals surface area contributed by atoms with Crippen LogP contribution in [-0.2, 0) is 0 Å². The minimum absolute atomic E-state index is 0.169. The molecule has 0 unspecified atom stereocenters. The van der Waals surface area contributed by atoms with E-state index in [0.717, 1.165) is 4.47 Å². The largest absolute Gasteiger partial charge is 0.492 e. The molecule has 0 spiro atoms. The van der Waals surface area contributed by atoms with Gasteiger partial charge in [0.2, 0.25) is 0 Å². The van der Waals surface area contributed by atoms with Gasteiger partial charge in [-0.3, -0.25) is 9.59 Å². The second-order valence-corrected chi connectivity index (χ2v) is 7.02. The molecule has 0 aliphatic heterocycles. The number of hydrogen-bond acceptors (Lipinski definition) is 5. The first-order valence-corrected chi connectivity index (χ1v) is 10.2. The highest BCUT2D eigenvalue weighted by Gasteiger charge is 2.18. The summed E-state index contributed by atoms with van der Waals surface area (Å²) in [5.41, 5.74) is 1.33. The van der Waals surface area contributed by atoms with E-state index >= 15 is 0 Å². The van der Waals surface area contributed by atoms with E-state index in [1.54, 1.807) is 48.5 Å². The van der Waals surface area contributed by atoms with Crippen LogP contribution in [0.4, 0.5) is 11.4 Å².